The lowest BCUT2D eigenvalue weighted by Gasteiger charge is -2.37. The van der Waals surface area contributed by atoms with E-state index in [2.05, 4.69) is 12.2 Å². The molecule has 2 aliphatic rings. The Morgan fingerprint density at radius 1 is 1.23 bits per heavy atom. The normalized spacial score (nSPS) is 23.7. The Morgan fingerprint density at radius 3 is 2.45 bits per heavy atom. The van der Waals surface area contributed by atoms with Gasteiger partial charge >= 0.3 is 5.97 Å². The highest BCUT2D eigenvalue weighted by molar-refractivity contribution is 5.78. The van der Waals surface area contributed by atoms with Gasteiger partial charge in [-0.3, -0.25) is 9.59 Å². The van der Waals surface area contributed by atoms with Crippen molar-refractivity contribution in [3.63, 3.8) is 0 Å². The first-order chi connectivity index (χ1) is 10.5. The molecule has 2 rings (SSSR count). The second-order valence-electron chi connectivity index (χ2n) is 7.09. The van der Waals surface area contributed by atoms with E-state index < -0.39 is 11.5 Å². The Morgan fingerprint density at radius 2 is 1.86 bits per heavy atom. The van der Waals surface area contributed by atoms with Crippen LogP contribution in [0.5, 0.6) is 0 Å². The number of aliphatic carboxylic acids is 1. The number of hydrogen-bond acceptors (Lipinski definition) is 3. The summed E-state index contributed by atoms with van der Waals surface area (Å²) < 4.78 is 5.32. The molecule has 1 aliphatic heterocycles. The van der Waals surface area contributed by atoms with Gasteiger partial charge in [-0.25, -0.2) is 0 Å². The number of carbonyl (C=O) groups excluding carboxylic acids is 1. The minimum atomic E-state index is -0.859. The summed E-state index contributed by atoms with van der Waals surface area (Å²) >= 11 is 0. The number of carboxylic acids is 1. The first-order valence-electron chi connectivity index (χ1n) is 8.61. The zero-order valence-corrected chi connectivity index (χ0v) is 13.6. The zero-order chi connectivity index (χ0) is 16.0. The molecular formula is C17H29NO4. The fraction of sp³-hybridized carbons (Fsp3) is 0.882. The van der Waals surface area contributed by atoms with Crippen LogP contribution in [-0.4, -0.2) is 35.7 Å². The first-order valence-corrected chi connectivity index (χ1v) is 8.61. The Balaban J connectivity index is 1.88. The van der Waals surface area contributed by atoms with Gasteiger partial charge in [0.05, 0.1) is 12.0 Å². The summed E-state index contributed by atoms with van der Waals surface area (Å²) in [5, 5.41) is 12.2. The average Bonchev–Trinajstić information content (AvgIpc) is 2.47. The maximum Gasteiger partial charge on any atom is 0.305 e. The van der Waals surface area contributed by atoms with Crippen LogP contribution in [0, 0.1) is 11.8 Å². The van der Waals surface area contributed by atoms with Crippen molar-refractivity contribution in [3.05, 3.63) is 0 Å². The molecule has 0 aromatic carbocycles. The highest BCUT2D eigenvalue weighted by atomic mass is 16.5. The Labute approximate surface area is 132 Å². The molecule has 22 heavy (non-hydrogen) atoms. The van der Waals surface area contributed by atoms with Crippen LogP contribution in [0.25, 0.3) is 0 Å². The van der Waals surface area contributed by atoms with Crippen molar-refractivity contribution in [3.8, 4) is 0 Å². The number of ether oxygens (including phenoxy) is 1. The third-order valence-corrected chi connectivity index (χ3v) is 5.31. The average molecular weight is 311 g/mol. The van der Waals surface area contributed by atoms with Gasteiger partial charge in [-0.1, -0.05) is 39.0 Å². The maximum atomic E-state index is 12.4. The molecule has 126 valence electrons. The molecule has 5 nitrogen and oxygen atoms in total. The van der Waals surface area contributed by atoms with Crippen molar-refractivity contribution in [2.75, 3.05) is 13.2 Å². The van der Waals surface area contributed by atoms with Crippen LogP contribution in [0.2, 0.25) is 0 Å². The van der Waals surface area contributed by atoms with E-state index in [1.165, 1.54) is 32.1 Å². The Hall–Kier alpha value is -1.10. The summed E-state index contributed by atoms with van der Waals surface area (Å²) in [5.74, 6) is 0.162. The van der Waals surface area contributed by atoms with E-state index >= 15 is 0 Å². The largest absolute Gasteiger partial charge is 0.481 e. The molecule has 1 atom stereocenters. The molecule has 1 amide bonds. The highest BCUT2D eigenvalue weighted by Crippen LogP contribution is 2.32. The van der Waals surface area contributed by atoms with E-state index in [0.29, 0.717) is 44.3 Å². The third-order valence-electron chi connectivity index (χ3n) is 5.31. The van der Waals surface area contributed by atoms with Crippen molar-refractivity contribution in [2.24, 2.45) is 11.8 Å². The van der Waals surface area contributed by atoms with E-state index in [4.69, 9.17) is 9.84 Å². The Bertz CT molecular complexity index is 384. The lowest BCUT2D eigenvalue weighted by molar-refractivity contribution is -0.140. The van der Waals surface area contributed by atoms with Crippen LogP contribution in [-0.2, 0) is 14.3 Å². The van der Waals surface area contributed by atoms with Crippen molar-refractivity contribution < 1.29 is 19.4 Å². The first kappa shape index (κ1) is 17.3. The fourth-order valence-corrected chi connectivity index (χ4v) is 3.91. The molecule has 0 radical (unpaired) electrons. The van der Waals surface area contributed by atoms with Gasteiger partial charge in [0, 0.05) is 19.6 Å². The smallest absolute Gasteiger partial charge is 0.305 e. The second-order valence-corrected chi connectivity index (χ2v) is 7.09. The molecule has 1 unspecified atom stereocenters. The summed E-state index contributed by atoms with van der Waals surface area (Å²) in [4.78, 5) is 23.5. The second kappa shape index (κ2) is 7.95. The molecule has 5 heteroatoms. The van der Waals surface area contributed by atoms with Crippen molar-refractivity contribution in [2.45, 2.75) is 70.3 Å². The standard InChI is InChI=1S/C17H29NO4/c1-13(14-5-3-2-4-6-14)11-15(19)18-17(12-16(20)21)7-9-22-10-8-17/h13-14H,2-12H2,1H3,(H,18,19)(H,20,21). The number of rotatable bonds is 6. The number of carboxylic acid groups (broad SMARTS) is 1. The monoisotopic (exact) mass is 311 g/mol. The lowest BCUT2D eigenvalue weighted by Crippen LogP contribution is -2.53. The molecular weight excluding hydrogens is 282 g/mol. The quantitative estimate of drug-likeness (QED) is 0.791. The highest BCUT2D eigenvalue weighted by Gasteiger charge is 2.36. The van der Waals surface area contributed by atoms with Crippen LogP contribution in [0.1, 0.15) is 64.7 Å². The third kappa shape index (κ3) is 4.97. The van der Waals surface area contributed by atoms with Gasteiger partial charge < -0.3 is 15.2 Å². The molecule has 1 aliphatic carbocycles. The van der Waals surface area contributed by atoms with Crippen LogP contribution < -0.4 is 5.32 Å². The van der Waals surface area contributed by atoms with E-state index in [9.17, 15) is 9.59 Å². The minimum absolute atomic E-state index is 0.00113. The van der Waals surface area contributed by atoms with Crippen molar-refractivity contribution in [1.82, 2.24) is 5.32 Å². The summed E-state index contributed by atoms with van der Waals surface area (Å²) in [6.07, 6.45) is 7.98. The lowest BCUT2D eigenvalue weighted by atomic mass is 9.79. The van der Waals surface area contributed by atoms with E-state index in [-0.39, 0.29) is 12.3 Å². The molecule has 1 saturated heterocycles. The van der Waals surface area contributed by atoms with Gasteiger partial charge in [0.2, 0.25) is 5.91 Å². The predicted molar refractivity (Wildman–Crippen MR) is 83.5 cm³/mol. The number of amides is 1. The summed E-state index contributed by atoms with van der Waals surface area (Å²) in [6.45, 7) is 3.20. The van der Waals surface area contributed by atoms with Crippen molar-refractivity contribution >= 4 is 11.9 Å². The molecule has 0 aromatic rings. The summed E-state index contributed by atoms with van der Waals surface area (Å²) in [6, 6.07) is 0. The van der Waals surface area contributed by atoms with Crippen LogP contribution in [0.15, 0.2) is 0 Å². The maximum absolute atomic E-state index is 12.4. The molecule has 2 fully saturated rings. The molecule has 0 spiro atoms. The van der Waals surface area contributed by atoms with E-state index in [1.54, 1.807) is 0 Å². The van der Waals surface area contributed by atoms with Crippen LogP contribution in [0.3, 0.4) is 0 Å². The Kier molecular flexibility index (Phi) is 6.24. The zero-order valence-electron chi connectivity index (χ0n) is 13.6. The summed E-state index contributed by atoms with van der Waals surface area (Å²) in [5.41, 5.74) is -0.618. The number of hydrogen-bond donors (Lipinski definition) is 2. The van der Waals surface area contributed by atoms with Crippen LogP contribution in [0.4, 0.5) is 0 Å². The molecule has 1 saturated carbocycles. The molecule has 1 heterocycles. The van der Waals surface area contributed by atoms with Gasteiger partial charge in [0.25, 0.3) is 0 Å². The van der Waals surface area contributed by atoms with Crippen molar-refractivity contribution in [1.29, 1.82) is 0 Å². The van der Waals surface area contributed by atoms with Gasteiger partial charge in [0.15, 0.2) is 0 Å². The van der Waals surface area contributed by atoms with Gasteiger partial charge in [-0.2, -0.15) is 0 Å². The van der Waals surface area contributed by atoms with E-state index in [1.807, 2.05) is 0 Å². The van der Waals surface area contributed by atoms with Crippen LogP contribution >= 0.6 is 0 Å². The predicted octanol–water partition coefficient (Wildman–Crippen LogP) is 2.73. The fourth-order valence-electron chi connectivity index (χ4n) is 3.91. The SMILES string of the molecule is CC(CC(=O)NC1(CC(=O)O)CCOCC1)C1CCCCC1. The van der Waals surface area contributed by atoms with Gasteiger partial charge in [0.1, 0.15) is 0 Å². The van der Waals surface area contributed by atoms with Gasteiger partial charge in [-0.05, 0) is 24.7 Å². The summed E-state index contributed by atoms with van der Waals surface area (Å²) in [7, 11) is 0. The molecule has 0 aromatic heterocycles. The number of nitrogens with one attached hydrogen (secondary N) is 1. The molecule has 0 bridgehead atoms. The molecule has 2 N–H and O–H groups in total. The van der Waals surface area contributed by atoms with E-state index in [0.717, 1.165) is 0 Å². The number of carbonyl (C=O) groups is 2. The topological polar surface area (TPSA) is 75.6 Å². The van der Waals surface area contributed by atoms with Gasteiger partial charge in [-0.15, -0.1) is 0 Å². The minimum Gasteiger partial charge on any atom is -0.481 e.